The second-order valence-electron chi connectivity index (χ2n) is 5.42. The van der Waals surface area contributed by atoms with Crippen molar-refractivity contribution in [2.24, 2.45) is 0 Å². The van der Waals surface area contributed by atoms with Crippen molar-refractivity contribution in [2.75, 3.05) is 11.5 Å². The number of rotatable bonds is 4. The van der Waals surface area contributed by atoms with Crippen molar-refractivity contribution >= 4 is 17.7 Å². The van der Waals surface area contributed by atoms with E-state index < -0.39 is 0 Å². The van der Waals surface area contributed by atoms with Crippen LogP contribution in [0.1, 0.15) is 40.5 Å². The van der Waals surface area contributed by atoms with Gasteiger partial charge in [0, 0.05) is 17.8 Å². The Morgan fingerprint density at radius 1 is 1.56 bits per heavy atom. The third kappa shape index (κ3) is 5.75. The van der Waals surface area contributed by atoms with Gasteiger partial charge in [-0.1, -0.05) is 0 Å². The molecule has 94 valence electrons. The van der Waals surface area contributed by atoms with Gasteiger partial charge in [0.15, 0.2) is 0 Å². The van der Waals surface area contributed by atoms with Crippen LogP contribution in [0.4, 0.5) is 0 Å². The number of esters is 1. The molecule has 1 heterocycles. The van der Waals surface area contributed by atoms with Gasteiger partial charge < -0.3 is 10.1 Å². The van der Waals surface area contributed by atoms with Crippen LogP contribution in [-0.2, 0) is 9.53 Å². The Hall–Kier alpha value is -0.220. The van der Waals surface area contributed by atoms with Crippen LogP contribution >= 0.6 is 11.8 Å². The van der Waals surface area contributed by atoms with E-state index in [-0.39, 0.29) is 17.6 Å². The SMILES string of the molecule is CC(CC(=O)OC(C)(C)C)NC1CCSC1. The highest BCUT2D eigenvalue weighted by Crippen LogP contribution is 2.18. The molecule has 1 fully saturated rings. The summed E-state index contributed by atoms with van der Waals surface area (Å²) >= 11 is 1.97. The van der Waals surface area contributed by atoms with E-state index >= 15 is 0 Å². The maximum absolute atomic E-state index is 11.6. The van der Waals surface area contributed by atoms with Crippen LogP contribution in [0.25, 0.3) is 0 Å². The zero-order chi connectivity index (χ0) is 12.2. The first kappa shape index (κ1) is 13.8. The fraction of sp³-hybridized carbons (Fsp3) is 0.917. The Morgan fingerprint density at radius 3 is 2.75 bits per heavy atom. The van der Waals surface area contributed by atoms with E-state index in [0.717, 1.165) is 0 Å². The molecule has 1 N–H and O–H groups in total. The molecule has 1 aliphatic rings. The normalized spacial score (nSPS) is 23.1. The number of thioether (sulfide) groups is 1. The van der Waals surface area contributed by atoms with Crippen molar-refractivity contribution in [3.8, 4) is 0 Å². The minimum atomic E-state index is -0.375. The summed E-state index contributed by atoms with van der Waals surface area (Å²) in [7, 11) is 0. The minimum Gasteiger partial charge on any atom is -0.460 e. The average molecular weight is 245 g/mol. The fourth-order valence-electron chi connectivity index (χ4n) is 1.76. The maximum Gasteiger partial charge on any atom is 0.307 e. The fourth-order valence-corrected chi connectivity index (χ4v) is 2.93. The summed E-state index contributed by atoms with van der Waals surface area (Å²) in [5, 5.41) is 3.47. The Balaban J connectivity index is 2.22. The highest BCUT2D eigenvalue weighted by atomic mass is 32.2. The van der Waals surface area contributed by atoms with Gasteiger partial charge in [-0.15, -0.1) is 0 Å². The molecule has 0 aromatic carbocycles. The molecule has 0 saturated carbocycles. The van der Waals surface area contributed by atoms with Crippen LogP contribution < -0.4 is 5.32 Å². The summed E-state index contributed by atoms with van der Waals surface area (Å²) in [6, 6.07) is 0.779. The number of ether oxygens (including phenoxy) is 1. The molecule has 0 aromatic rings. The molecule has 2 atom stereocenters. The van der Waals surface area contributed by atoms with E-state index in [2.05, 4.69) is 5.32 Å². The monoisotopic (exact) mass is 245 g/mol. The highest BCUT2D eigenvalue weighted by molar-refractivity contribution is 7.99. The van der Waals surface area contributed by atoms with Gasteiger partial charge in [0.05, 0.1) is 6.42 Å². The average Bonchev–Trinajstić information content (AvgIpc) is 2.51. The lowest BCUT2D eigenvalue weighted by Gasteiger charge is -2.22. The predicted molar refractivity (Wildman–Crippen MR) is 68.8 cm³/mol. The molecule has 0 bridgehead atoms. The maximum atomic E-state index is 11.6. The van der Waals surface area contributed by atoms with Crippen molar-refractivity contribution in [3.05, 3.63) is 0 Å². The Bertz CT molecular complexity index is 232. The first-order valence-electron chi connectivity index (χ1n) is 5.92. The third-order valence-electron chi connectivity index (χ3n) is 2.34. The highest BCUT2D eigenvalue weighted by Gasteiger charge is 2.21. The van der Waals surface area contributed by atoms with E-state index in [0.29, 0.717) is 12.5 Å². The zero-order valence-electron chi connectivity index (χ0n) is 10.7. The van der Waals surface area contributed by atoms with Gasteiger partial charge in [-0.3, -0.25) is 4.79 Å². The quantitative estimate of drug-likeness (QED) is 0.771. The molecule has 2 unspecified atom stereocenters. The summed E-state index contributed by atoms with van der Waals surface area (Å²) < 4.78 is 5.29. The van der Waals surface area contributed by atoms with Gasteiger partial charge in [-0.05, 0) is 39.9 Å². The first-order chi connectivity index (χ1) is 7.37. The Morgan fingerprint density at radius 2 is 2.25 bits per heavy atom. The summed E-state index contributed by atoms with van der Waals surface area (Å²) in [6.45, 7) is 7.75. The number of nitrogens with one attached hydrogen (secondary N) is 1. The molecule has 4 heteroatoms. The van der Waals surface area contributed by atoms with Crippen molar-refractivity contribution in [3.63, 3.8) is 0 Å². The second-order valence-corrected chi connectivity index (χ2v) is 6.57. The van der Waals surface area contributed by atoms with Crippen molar-refractivity contribution in [1.82, 2.24) is 5.32 Å². The Labute approximate surface area is 103 Å². The lowest BCUT2D eigenvalue weighted by molar-refractivity contribution is -0.155. The molecule has 1 rings (SSSR count). The zero-order valence-corrected chi connectivity index (χ0v) is 11.5. The molecule has 1 saturated heterocycles. The van der Waals surface area contributed by atoms with Crippen molar-refractivity contribution in [1.29, 1.82) is 0 Å². The van der Waals surface area contributed by atoms with Crippen LogP contribution in [0.3, 0.4) is 0 Å². The molecule has 0 spiro atoms. The van der Waals surface area contributed by atoms with Gasteiger partial charge >= 0.3 is 5.97 Å². The van der Waals surface area contributed by atoms with Crippen molar-refractivity contribution in [2.45, 2.75) is 58.2 Å². The van der Waals surface area contributed by atoms with Gasteiger partial charge in [-0.25, -0.2) is 0 Å². The van der Waals surface area contributed by atoms with E-state index in [9.17, 15) is 4.79 Å². The smallest absolute Gasteiger partial charge is 0.307 e. The summed E-state index contributed by atoms with van der Waals surface area (Å²) in [5.41, 5.74) is -0.375. The van der Waals surface area contributed by atoms with Gasteiger partial charge in [-0.2, -0.15) is 11.8 Å². The van der Waals surface area contributed by atoms with Gasteiger partial charge in [0.2, 0.25) is 0 Å². The number of carbonyl (C=O) groups is 1. The van der Waals surface area contributed by atoms with Crippen molar-refractivity contribution < 1.29 is 9.53 Å². The Kier molecular flexibility index (Phi) is 5.12. The molecule has 3 nitrogen and oxygen atoms in total. The third-order valence-corrected chi connectivity index (χ3v) is 3.51. The molecule has 0 aromatic heterocycles. The van der Waals surface area contributed by atoms with Crippen LogP contribution in [0.15, 0.2) is 0 Å². The lowest BCUT2D eigenvalue weighted by atomic mass is 10.1. The number of carbonyl (C=O) groups excluding carboxylic acids is 1. The van der Waals surface area contributed by atoms with Gasteiger partial charge in [0.25, 0.3) is 0 Å². The summed E-state index contributed by atoms with van der Waals surface area (Å²) in [5.74, 6) is 2.29. The van der Waals surface area contributed by atoms with E-state index in [1.54, 1.807) is 0 Å². The summed E-state index contributed by atoms with van der Waals surface area (Å²) in [4.78, 5) is 11.6. The second kappa shape index (κ2) is 5.92. The van der Waals surface area contributed by atoms with Gasteiger partial charge in [0.1, 0.15) is 5.60 Å². The van der Waals surface area contributed by atoms with Crippen LogP contribution in [-0.4, -0.2) is 35.2 Å². The minimum absolute atomic E-state index is 0.113. The molecule has 0 aliphatic carbocycles. The van der Waals surface area contributed by atoms with E-state index in [4.69, 9.17) is 4.74 Å². The van der Waals surface area contributed by atoms with E-state index in [1.807, 2.05) is 39.5 Å². The number of hydrogen-bond acceptors (Lipinski definition) is 4. The summed E-state index contributed by atoms with van der Waals surface area (Å²) in [6.07, 6.45) is 1.67. The largest absolute Gasteiger partial charge is 0.460 e. The van der Waals surface area contributed by atoms with Crippen LogP contribution in [0.2, 0.25) is 0 Å². The molecule has 16 heavy (non-hydrogen) atoms. The van der Waals surface area contributed by atoms with E-state index in [1.165, 1.54) is 17.9 Å². The standard InChI is InChI=1S/C12H23NO2S/c1-9(13-10-5-6-16-8-10)7-11(14)15-12(2,3)4/h9-10,13H,5-8H2,1-4H3. The topological polar surface area (TPSA) is 38.3 Å². The molecule has 1 aliphatic heterocycles. The molecule has 0 amide bonds. The molecular weight excluding hydrogens is 222 g/mol. The predicted octanol–water partition coefficient (Wildman–Crippen LogP) is 2.20. The lowest BCUT2D eigenvalue weighted by Crippen LogP contribution is -2.38. The van der Waals surface area contributed by atoms with Crippen LogP contribution in [0, 0.1) is 0 Å². The number of hydrogen-bond donors (Lipinski definition) is 1. The van der Waals surface area contributed by atoms with Crippen LogP contribution in [0.5, 0.6) is 0 Å². The first-order valence-corrected chi connectivity index (χ1v) is 7.08. The molecule has 0 radical (unpaired) electrons. The molecular formula is C12H23NO2S.